The van der Waals surface area contributed by atoms with E-state index in [-0.39, 0.29) is 30.9 Å². The molecule has 4 aliphatic rings. The zero-order valence-corrected chi connectivity index (χ0v) is 24.2. The molecule has 8 atom stereocenters. The number of allylic oxidation sites excluding steroid dienone is 1. The molecule has 1 N–H and O–H groups in total. The SMILES string of the molecule is CC1=CCC[C@H]2[C@@]1(C)[C@@H](OC(=O)c1cccnc1)[C@H](O)[C@]1(C)O[C@@]3(COC(=O)C3)C[C@H](OC(=O)c3cccnc3)[C@]21C. The van der Waals surface area contributed by atoms with Crippen molar-refractivity contribution in [1.29, 1.82) is 0 Å². The fourth-order valence-electron chi connectivity index (χ4n) is 8.12. The summed E-state index contributed by atoms with van der Waals surface area (Å²) in [4.78, 5) is 47.4. The molecule has 0 radical (unpaired) electrons. The molecular formula is C32H36N2O8. The number of cyclic esters (lactones) is 1. The maximum atomic E-state index is 13.5. The highest BCUT2D eigenvalue weighted by Gasteiger charge is 2.76. The number of rotatable bonds is 4. The fraction of sp³-hybridized carbons (Fsp3) is 0.531. The Morgan fingerprint density at radius 1 is 1.02 bits per heavy atom. The van der Waals surface area contributed by atoms with E-state index in [1.807, 2.05) is 20.8 Å². The van der Waals surface area contributed by atoms with Crippen LogP contribution < -0.4 is 0 Å². The van der Waals surface area contributed by atoms with Crippen LogP contribution in [0.1, 0.15) is 74.1 Å². The largest absolute Gasteiger partial charge is 0.462 e. The van der Waals surface area contributed by atoms with E-state index in [9.17, 15) is 19.5 Å². The summed E-state index contributed by atoms with van der Waals surface area (Å²) < 4.78 is 24.7. The van der Waals surface area contributed by atoms with Crippen LogP contribution in [0.2, 0.25) is 0 Å². The Bertz CT molecular complexity index is 1430. The summed E-state index contributed by atoms with van der Waals surface area (Å²) in [6.45, 7) is 7.73. The monoisotopic (exact) mass is 576 g/mol. The molecule has 2 aromatic heterocycles. The van der Waals surface area contributed by atoms with Crippen molar-refractivity contribution in [2.75, 3.05) is 6.61 Å². The summed E-state index contributed by atoms with van der Waals surface area (Å²) in [6, 6.07) is 6.56. The molecule has 3 fully saturated rings. The topological polar surface area (TPSA) is 134 Å². The van der Waals surface area contributed by atoms with Crippen molar-refractivity contribution >= 4 is 17.9 Å². The van der Waals surface area contributed by atoms with E-state index < -0.39 is 58.3 Å². The second-order valence-corrected chi connectivity index (χ2v) is 12.7. The van der Waals surface area contributed by atoms with Crippen molar-refractivity contribution < 1.29 is 38.4 Å². The highest BCUT2D eigenvalue weighted by Crippen LogP contribution is 2.68. The molecule has 0 amide bonds. The maximum absolute atomic E-state index is 13.5. The van der Waals surface area contributed by atoms with Gasteiger partial charge in [0, 0.05) is 42.0 Å². The van der Waals surface area contributed by atoms with Gasteiger partial charge in [0.15, 0.2) is 0 Å². The molecule has 2 aliphatic carbocycles. The van der Waals surface area contributed by atoms with Crippen LogP contribution in [0.15, 0.2) is 60.7 Å². The molecule has 4 heterocycles. The van der Waals surface area contributed by atoms with Gasteiger partial charge in [0.2, 0.25) is 0 Å². The summed E-state index contributed by atoms with van der Waals surface area (Å²) in [5, 5.41) is 12.4. The van der Waals surface area contributed by atoms with Crippen LogP contribution in [0.3, 0.4) is 0 Å². The van der Waals surface area contributed by atoms with Crippen LogP contribution in [-0.2, 0) is 23.7 Å². The van der Waals surface area contributed by atoms with Crippen LogP contribution in [0.4, 0.5) is 0 Å². The Morgan fingerprint density at radius 3 is 2.24 bits per heavy atom. The van der Waals surface area contributed by atoms with E-state index in [1.165, 1.54) is 12.4 Å². The molecule has 2 saturated heterocycles. The van der Waals surface area contributed by atoms with Crippen molar-refractivity contribution in [1.82, 2.24) is 9.97 Å². The van der Waals surface area contributed by atoms with Crippen LogP contribution in [0.25, 0.3) is 0 Å². The van der Waals surface area contributed by atoms with E-state index in [1.54, 1.807) is 43.6 Å². The number of aliphatic hydroxyl groups excluding tert-OH is 1. The van der Waals surface area contributed by atoms with E-state index in [2.05, 4.69) is 16.0 Å². The highest BCUT2D eigenvalue weighted by molar-refractivity contribution is 5.89. The van der Waals surface area contributed by atoms with E-state index in [0.717, 1.165) is 12.0 Å². The van der Waals surface area contributed by atoms with Gasteiger partial charge in [0.1, 0.15) is 36.1 Å². The molecule has 1 spiro atoms. The lowest BCUT2D eigenvalue weighted by molar-refractivity contribution is -0.361. The highest BCUT2D eigenvalue weighted by atomic mass is 16.6. The quantitative estimate of drug-likeness (QED) is 0.325. The number of carbonyl (C=O) groups excluding carboxylic acids is 3. The minimum atomic E-state index is -1.40. The number of pyridine rings is 2. The minimum absolute atomic E-state index is 0.0355. The van der Waals surface area contributed by atoms with E-state index >= 15 is 0 Å². The van der Waals surface area contributed by atoms with Gasteiger partial charge < -0.3 is 24.1 Å². The summed E-state index contributed by atoms with van der Waals surface area (Å²) in [6.07, 6.45) is 6.61. The lowest BCUT2D eigenvalue weighted by Gasteiger charge is -2.70. The van der Waals surface area contributed by atoms with Crippen LogP contribution >= 0.6 is 0 Å². The molecule has 1 saturated carbocycles. The number of carbonyl (C=O) groups is 3. The number of aliphatic hydroxyl groups is 1. The molecule has 0 aromatic carbocycles. The molecule has 2 aromatic rings. The van der Waals surface area contributed by atoms with Crippen LogP contribution in [0, 0.1) is 16.7 Å². The second kappa shape index (κ2) is 9.98. The van der Waals surface area contributed by atoms with Gasteiger partial charge in [-0.1, -0.05) is 25.5 Å². The standard InChI is InChI=1S/C32H36N2O8/c1-19-8-5-11-22-29(19,2)26(41-28(38)21-10-7-13-34-17-21)25(36)31(4)30(22,3)23(14-32(42-31)15-24(35)39-18-32)40-27(37)20-9-6-12-33-16-20/h6-10,12-13,16-17,22-23,25-26,36H,5,11,14-15,18H2,1-4H3/t22-,23-,25-,26-,29-,30-,31-,32-/m0/s1. The van der Waals surface area contributed by atoms with E-state index in [0.29, 0.717) is 12.0 Å². The zero-order valence-electron chi connectivity index (χ0n) is 24.2. The van der Waals surface area contributed by atoms with Crippen molar-refractivity contribution in [3.63, 3.8) is 0 Å². The normalized spacial score (nSPS) is 39.0. The summed E-state index contributed by atoms with van der Waals surface area (Å²) in [7, 11) is 0. The Balaban J connectivity index is 1.47. The third kappa shape index (κ3) is 4.10. The third-order valence-electron chi connectivity index (χ3n) is 10.6. The van der Waals surface area contributed by atoms with Crippen molar-refractivity contribution in [2.24, 2.45) is 16.7 Å². The molecule has 10 heteroatoms. The van der Waals surface area contributed by atoms with Gasteiger partial charge in [-0.25, -0.2) is 9.59 Å². The summed E-state index contributed by atoms with van der Waals surface area (Å²) in [5.41, 5.74) is -2.77. The first-order chi connectivity index (χ1) is 19.9. The molecular weight excluding hydrogens is 540 g/mol. The fourth-order valence-corrected chi connectivity index (χ4v) is 8.12. The molecule has 6 rings (SSSR count). The predicted molar refractivity (Wildman–Crippen MR) is 148 cm³/mol. The Kier molecular flexibility index (Phi) is 6.77. The number of esters is 3. The smallest absolute Gasteiger partial charge is 0.340 e. The number of aromatic nitrogens is 2. The second-order valence-electron chi connectivity index (χ2n) is 12.7. The van der Waals surface area contributed by atoms with Crippen LogP contribution in [-0.4, -0.2) is 69.1 Å². The number of fused-ring (bicyclic) bond motifs is 3. The van der Waals surface area contributed by atoms with Gasteiger partial charge in [0.05, 0.1) is 17.5 Å². The first kappa shape index (κ1) is 28.5. The van der Waals surface area contributed by atoms with Gasteiger partial charge >= 0.3 is 17.9 Å². The molecule has 222 valence electrons. The maximum Gasteiger partial charge on any atom is 0.340 e. The van der Waals surface area contributed by atoms with Crippen molar-refractivity contribution in [3.05, 3.63) is 71.8 Å². The lowest BCUT2D eigenvalue weighted by Crippen LogP contribution is -2.79. The molecule has 42 heavy (non-hydrogen) atoms. The predicted octanol–water partition coefficient (Wildman–Crippen LogP) is 3.84. The van der Waals surface area contributed by atoms with Crippen molar-refractivity contribution in [3.8, 4) is 0 Å². The Hall–Kier alpha value is -3.63. The average molecular weight is 577 g/mol. The molecule has 2 aliphatic heterocycles. The van der Waals surface area contributed by atoms with Gasteiger partial charge in [-0.15, -0.1) is 0 Å². The zero-order chi connectivity index (χ0) is 29.9. The number of ether oxygens (including phenoxy) is 4. The Labute approximate surface area is 244 Å². The number of hydrogen-bond acceptors (Lipinski definition) is 10. The first-order valence-corrected chi connectivity index (χ1v) is 14.4. The Morgan fingerprint density at radius 2 is 1.67 bits per heavy atom. The first-order valence-electron chi connectivity index (χ1n) is 14.4. The van der Waals surface area contributed by atoms with Gasteiger partial charge in [-0.2, -0.15) is 0 Å². The summed E-state index contributed by atoms with van der Waals surface area (Å²) in [5.74, 6) is -1.83. The molecule has 10 nitrogen and oxygen atoms in total. The third-order valence-corrected chi connectivity index (χ3v) is 10.6. The molecule has 0 unspecified atom stereocenters. The van der Waals surface area contributed by atoms with E-state index in [4.69, 9.17) is 18.9 Å². The molecule has 0 bridgehead atoms. The number of hydrogen-bond donors (Lipinski definition) is 1. The van der Waals surface area contributed by atoms with Crippen LogP contribution in [0.5, 0.6) is 0 Å². The average Bonchev–Trinajstić information content (AvgIpc) is 3.34. The number of nitrogens with zero attached hydrogens (tertiary/aromatic N) is 2. The lowest BCUT2D eigenvalue weighted by atomic mass is 9.41. The summed E-state index contributed by atoms with van der Waals surface area (Å²) >= 11 is 0. The van der Waals surface area contributed by atoms with Gasteiger partial charge in [0.25, 0.3) is 0 Å². The van der Waals surface area contributed by atoms with Crippen molar-refractivity contribution in [2.45, 2.75) is 82.9 Å². The van der Waals surface area contributed by atoms with Gasteiger partial charge in [-0.05, 0) is 56.9 Å². The minimum Gasteiger partial charge on any atom is -0.462 e. The van der Waals surface area contributed by atoms with Gasteiger partial charge in [-0.3, -0.25) is 14.8 Å².